The van der Waals surface area contributed by atoms with Gasteiger partial charge in [0.05, 0.1) is 0 Å². The normalized spacial score (nSPS) is 23.0. The highest BCUT2D eigenvalue weighted by Crippen LogP contribution is 2.35. The van der Waals surface area contributed by atoms with Gasteiger partial charge in [0.1, 0.15) is 0 Å². The number of hydrazine groups is 1. The first-order valence-electron chi connectivity index (χ1n) is 10.4. The summed E-state index contributed by atoms with van der Waals surface area (Å²) in [6.07, 6.45) is 4.55. The molecule has 0 aromatic heterocycles. The Balaban J connectivity index is 1.60. The van der Waals surface area contributed by atoms with E-state index in [9.17, 15) is 9.59 Å². The molecule has 1 heterocycles. The molecule has 4 rings (SSSR count). The first-order chi connectivity index (χ1) is 14.5. The van der Waals surface area contributed by atoms with Gasteiger partial charge in [0, 0.05) is 6.04 Å². The molecule has 0 radical (unpaired) electrons. The Morgan fingerprint density at radius 2 is 1.57 bits per heavy atom. The number of carbonyl (C=O) groups is 2. The van der Waals surface area contributed by atoms with Gasteiger partial charge in [0.25, 0.3) is 5.91 Å². The molecule has 30 heavy (non-hydrogen) atoms. The van der Waals surface area contributed by atoms with E-state index in [-0.39, 0.29) is 11.2 Å². The molecule has 156 valence electrons. The molecule has 2 fully saturated rings. The van der Waals surface area contributed by atoms with Crippen molar-refractivity contribution in [3.63, 3.8) is 0 Å². The van der Waals surface area contributed by atoms with Gasteiger partial charge in [-0.2, -0.15) is 5.01 Å². The van der Waals surface area contributed by atoms with E-state index in [1.807, 2.05) is 60.7 Å². The Morgan fingerprint density at radius 3 is 2.13 bits per heavy atom. The Labute approximate surface area is 182 Å². The summed E-state index contributed by atoms with van der Waals surface area (Å²) in [7, 11) is 0. The van der Waals surface area contributed by atoms with Gasteiger partial charge in [-0.25, -0.2) is 4.79 Å². The Bertz CT molecular complexity index is 895. The summed E-state index contributed by atoms with van der Waals surface area (Å²) in [4.78, 5) is 26.5. The Kier molecular flexibility index (Phi) is 5.72. The molecule has 1 aliphatic heterocycles. The number of nitrogens with zero attached hydrogens (tertiary/aromatic N) is 1. The minimum Gasteiger partial charge on any atom is -0.358 e. The number of carbonyl (C=O) groups excluding carboxylic acids is 2. The fourth-order valence-corrected chi connectivity index (χ4v) is 4.64. The standard InChI is InChI=1S/C23H26N4O2S/c1-16-10-8-9-15-19(16)24-21(30)26-27-20(28)23(25-22(27)29,17-11-4-2-5-12-17)18-13-6-3-7-14-18/h2-7,11-14,16,19H,8-10,15H2,1H3,(H,25,29)(H2,24,26,30)/t16-,19-/m0/s1. The van der Waals surface area contributed by atoms with E-state index < -0.39 is 17.5 Å². The molecule has 7 heteroatoms. The number of urea groups is 1. The van der Waals surface area contributed by atoms with Crippen LogP contribution >= 0.6 is 12.2 Å². The van der Waals surface area contributed by atoms with Crippen molar-refractivity contribution in [3.05, 3.63) is 71.8 Å². The van der Waals surface area contributed by atoms with Crippen LogP contribution < -0.4 is 16.1 Å². The maximum Gasteiger partial charge on any atom is 0.344 e. The molecule has 2 atom stereocenters. The zero-order valence-corrected chi connectivity index (χ0v) is 17.7. The van der Waals surface area contributed by atoms with Gasteiger partial charge in [0.2, 0.25) is 0 Å². The summed E-state index contributed by atoms with van der Waals surface area (Å²) in [6.45, 7) is 2.20. The molecule has 1 aliphatic carbocycles. The first-order valence-corrected chi connectivity index (χ1v) is 10.8. The molecule has 1 saturated heterocycles. The van der Waals surface area contributed by atoms with E-state index in [0.717, 1.165) is 24.3 Å². The lowest BCUT2D eigenvalue weighted by atomic mass is 9.83. The van der Waals surface area contributed by atoms with Gasteiger partial charge in [-0.3, -0.25) is 10.2 Å². The summed E-state index contributed by atoms with van der Waals surface area (Å²) in [5, 5.41) is 7.47. The van der Waals surface area contributed by atoms with Crippen LogP contribution in [-0.2, 0) is 10.3 Å². The minimum absolute atomic E-state index is 0.243. The van der Waals surface area contributed by atoms with E-state index in [1.165, 1.54) is 6.42 Å². The quantitative estimate of drug-likeness (QED) is 0.520. The van der Waals surface area contributed by atoms with Crippen LogP contribution in [0.25, 0.3) is 0 Å². The highest BCUT2D eigenvalue weighted by atomic mass is 32.1. The molecule has 2 aliphatic rings. The van der Waals surface area contributed by atoms with Crippen LogP contribution in [0, 0.1) is 5.92 Å². The number of amides is 3. The number of thiocarbonyl (C=S) groups is 1. The molecule has 2 aromatic rings. The topological polar surface area (TPSA) is 73.5 Å². The van der Waals surface area contributed by atoms with Crippen LogP contribution in [0.15, 0.2) is 60.7 Å². The fourth-order valence-electron chi connectivity index (χ4n) is 4.40. The van der Waals surface area contributed by atoms with Crippen LogP contribution in [0.3, 0.4) is 0 Å². The maximum absolute atomic E-state index is 13.6. The molecule has 6 nitrogen and oxygen atoms in total. The Morgan fingerprint density at radius 1 is 1.00 bits per heavy atom. The third-order valence-corrected chi connectivity index (χ3v) is 6.29. The molecule has 1 saturated carbocycles. The highest BCUT2D eigenvalue weighted by Gasteiger charge is 2.54. The Hall–Kier alpha value is -2.93. The van der Waals surface area contributed by atoms with E-state index >= 15 is 0 Å². The van der Waals surface area contributed by atoms with Crippen molar-refractivity contribution in [2.24, 2.45) is 5.92 Å². The monoisotopic (exact) mass is 422 g/mol. The van der Waals surface area contributed by atoms with Gasteiger partial charge >= 0.3 is 6.03 Å². The van der Waals surface area contributed by atoms with E-state index in [2.05, 4.69) is 23.0 Å². The van der Waals surface area contributed by atoms with Gasteiger partial charge in [-0.05, 0) is 42.1 Å². The number of rotatable bonds is 4. The average molecular weight is 423 g/mol. The summed E-state index contributed by atoms with van der Waals surface area (Å²) >= 11 is 5.44. The lowest BCUT2D eigenvalue weighted by Crippen LogP contribution is -2.54. The SMILES string of the molecule is C[C@H]1CCCC[C@@H]1NC(=S)NN1C(=O)NC(c2ccccc2)(c2ccccc2)C1=O. The molecular formula is C23H26N4O2S. The third-order valence-electron chi connectivity index (χ3n) is 6.08. The van der Waals surface area contributed by atoms with E-state index in [4.69, 9.17) is 12.2 Å². The largest absolute Gasteiger partial charge is 0.358 e. The second-order valence-corrected chi connectivity index (χ2v) is 8.41. The highest BCUT2D eigenvalue weighted by molar-refractivity contribution is 7.80. The van der Waals surface area contributed by atoms with Gasteiger partial charge in [0.15, 0.2) is 10.7 Å². The molecule has 0 spiro atoms. The van der Waals surface area contributed by atoms with Crippen molar-refractivity contribution < 1.29 is 9.59 Å². The second kappa shape index (κ2) is 8.44. The van der Waals surface area contributed by atoms with Crippen molar-refractivity contribution in [2.45, 2.75) is 44.2 Å². The molecule has 3 N–H and O–H groups in total. The minimum atomic E-state index is -1.31. The molecular weight excluding hydrogens is 396 g/mol. The number of imide groups is 1. The number of nitrogens with one attached hydrogen (secondary N) is 3. The van der Waals surface area contributed by atoms with Crippen molar-refractivity contribution in [1.82, 2.24) is 21.1 Å². The van der Waals surface area contributed by atoms with Gasteiger partial charge in [-0.15, -0.1) is 0 Å². The first kappa shape index (κ1) is 20.3. The van der Waals surface area contributed by atoms with Crippen LogP contribution in [0.4, 0.5) is 4.79 Å². The second-order valence-electron chi connectivity index (χ2n) is 8.01. The van der Waals surface area contributed by atoms with Crippen molar-refractivity contribution >= 4 is 29.3 Å². The van der Waals surface area contributed by atoms with Crippen molar-refractivity contribution in [1.29, 1.82) is 0 Å². The maximum atomic E-state index is 13.6. The van der Waals surface area contributed by atoms with Crippen LogP contribution in [0.1, 0.15) is 43.7 Å². The van der Waals surface area contributed by atoms with Gasteiger partial charge < -0.3 is 10.6 Å². The van der Waals surface area contributed by atoms with E-state index in [0.29, 0.717) is 17.0 Å². The predicted molar refractivity (Wildman–Crippen MR) is 119 cm³/mol. The van der Waals surface area contributed by atoms with Crippen LogP contribution in [0.2, 0.25) is 0 Å². The smallest absolute Gasteiger partial charge is 0.344 e. The zero-order chi connectivity index (χ0) is 21.1. The van der Waals surface area contributed by atoms with Crippen LogP contribution in [0.5, 0.6) is 0 Å². The average Bonchev–Trinajstić information content (AvgIpc) is 3.02. The van der Waals surface area contributed by atoms with Gasteiger partial charge in [-0.1, -0.05) is 80.4 Å². The third kappa shape index (κ3) is 3.65. The zero-order valence-electron chi connectivity index (χ0n) is 16.9. The van der Waals surface area contributed by atoms with Crippen LogP contribution in [-0.4, -0.2) is 28.1 Å². The summed E-state index contributed by atoms with van der Waals surface area (Å²) < 4.78 is 0. The number of benzene rings is 2. The number of hydrogen-bond donors (Lipinski definition) is 3. The molecule has 0 unspecified atom stereocenters. The lowest BCUT2D eigenvalue weighted by molar-refractivity contribution is -0.131. The lowest BCUT2D eigenvalue weighted by Gasteiger charge is -2.31. The summed E-state index contributed by atoms with van der Waals surface area (Å²) in [6, 6.07) is 18.2. The van der Waals surface area contributed by atoms with Crippen molar-refractivity contribution in [3.8, 4) is 0 Å². The molecule has 3 amide bonds. The predicted octanol–water partition coefficient (Wildman–Crippen LogP) is 3.44. The number of hydrogen-bond acceptors (Lipinski definition) is 3. The fraction of sp³-hybridized carbons (Fsp3) is 0.348. The van der Waals surface area contributed by atoms with Crippen molar-refractivity contribution in [2.75, 3.05) is 0 Å². The summed E-state index contributed by atoms with van der Waals surface area (Å²) in [5.74, 6) is 0.0834. The van der Waals surface area contributed by atoms with E-state index in [1.54, 1.807) is 0 Å². The molecule has 2 aromatic carbocycles. The molecule has 0 bridgehead atoms. The summed E-state index contributed by atoms with van der Waals surface area (Å²) in [5.41, 5.74) is 2.91.